The van der Waals surface area contributed by atoms with E-state index in [0.717, 1.165) is 31.2 Å². The van der Waals surface area contributed by atoms with E-state index < -0.39 is 18.4 Å². The molecule has 0 radical (unpaired) electrons. The van der Waals surface area contributed by atoms with Crippen LogP contribution < -0.4 is 0 Å². The molecule has 1 aromatic carbocycles. The highest BCUT2D eigenvalue weighted by Crippen LogP contribution is 2.21. The molecule has 0 saturated heterocycles. The van der Waals surface area contributed by atoms with Gasteiger partial charge in [-0.25, -0.2) is 14.6 Å². The molecule has 3 rings (SSSR count). The highest BCUT2D eigenvalue weighted by Gasteiger charge is 2.22. The van der Waals surface area contributed by atoms with Crippen LogP contribution in [0.5, 0.6) is 0 Å². The molecule has 7 nitrogen and oxygen atoms in total. The number of benzene rings is 1. The zero-order chi connectivity index (χ0) is 16.9. The van der Waals surface area contributed by atoms with Gasteiger partial charge in [0.15, 0.2) is 0 Å². The van der Waals surface area contributed by atoms with E-state index in [2.05, 4.69) is 9.97 Å². The summed E-state index contributed by atoms with van der Waals surface area (Å²) in [4.78, 5) is 30.9. The Morgan fingerprint density at radius 1 is 1.21 bits per heavy atom. The second kappa shape index (κ2) is 7.33. The number of nitrogens with one attached hydrogen (secondary N) is 1. The maximum atomic E-state index is 12.1. The number of hydrogen-bond donors (Lipinski definition) is 1. The first-order valence-electron chi connectivity index (χ1n) is 8.13. The molecule has 0 amide bonds. The summed E-state index contributed by atoms with van der Waals surface area (Å²) in [6.07, 6.45) is 4.61. The van der Waals surface area contributed by atoms with Gasteiger partial charge in [0, 0.05) is 6.92 Å². The van der Waals surface area contributed by atoms with Crippen molar-refractivity contribution in [3.05, 3.63) is 30.1 Å². The normalized spacial score (nSPS) is 16.5. The molecule has 1 N–H and O–H groups in total. The molecule has 1 aromatic heterocycles. The summed E-state index contributed by atoms with van der Waals surface area (Å²) >= 11 is 0. The third-order valence-corrected chi connectivity index (χ3v) is 4.01. The van der Waals surface area contributed by atoms with Gasteiger partial charge < -0.3 is 19.2 Å². The fourth-order valence-electron chi connectivity index (χ4n) is 2.78. The van der Waals surface area contributed by atoms with E-state index in [0.29, 0.717) is 11.1 Å². The first-order valence-corrected chi connectivity index (χ1v) is 8.13. The monoisotopic (exact) mass is 332 g/mol. The Balaban J connectivity index is 1.50. The lowest BCUT2D eigenvalue weighted by molar-refractivity contribution is -0.0914. The van der Waals surface area contributed by atoms with Crippen molar-refractivity contribution in [3.8, 4) is 0 Å². The predicted molar refractivity (Wildman–Crippen MR) is 85.4 cm³/mol. The number of esters is 1. The predicted octanol–water partition coefficient (Wildman–Crippen LogP) is 3.55. The zero-order valence-corrected chi connectivity index (χ0v) is 13.5. The Bertz CT molecular complexity index is 721. The van der Waals surface area contributed by atoms with Crippen LogP contribution in [-0.4, -0.2) is 34.5 Å². The van der Waals surface area contributed by atoms with Gasteiger partial charge in [-0.1, -0.05) is 6.42 Å². The van der Waals surface area contributed by atoms with Crippen LogP contribution >= 0.6 is 0 Å². The quantitative estimate of drug-likeness (QED) is 0.680. The maximum absolute atomic E-state index is 12.1. The Morgan fingerprint density at radius 3 is 2.79 bits per heavy atom. The van der Waals surface area contributed by atoms with E-state index >= 15 is 0 Å². The molecular formula is C17H20N2O5. The number of carbonyl (C=O) groups excluding carboxylic acids is 2. The van der Waals surface area contributed by atoms with Gasteiger partial charge in [-0.3, -0.25) is 0 Å². The fraction of sp³-hybridized carbons (Fsp3) is 0.471. The van der Waals surface area contributed by atoms with E-state index in [-0.39, 0.29) is 6.10 Å². The van der Waals surface area contributed by atoms with Crippen LogP contribution in [0.2, 0.25) is 0 Å². The maximum Gasteiger partial charge on any atom is 0.511 e. The second-order valence-electron chi connectivity index (χ2n) is 5.85. The topological polar surface area (TPSA) is 90.5 Å². The summed E-state index contributed by atoms with van der Waals surface area (Å²) in [5, 5.41) is 0. The van der Waals surface area contributed by atoms with Crippen molar-refractivity contribution in [2.75, 3.05) is 0 Å². The minimum absolute atomic E-state index is 0.101. The number of aromatic amines is 1. The summed E-state index contributed by atoms with van der Waals surface area (Å²) in [5.41, 5.74) is 1.83. The van der Waals surface area contributed by atoms with Crippen LogP contribution in [0.15, 0.2) is 24.5 Å². The molecule has 1 fully saturated rings. The van der Waals surface area contributed by atoms with E-state index in [4.69, 9.17) is 14.2 Å². The SMILES string of the molecule is CC(OC(=O)OC1CCCCC1)OC(=O)c1ccc2[nH]cnc2c1. The minimum Gasteiger partial charge on any atom is -0.431 e. The summed E-state index contributed by atoms with van der Waals surface area (Å²) < 4.78 is 15.3. The second-order valence-corrected chi connectivity index (χ2v) is 5.85. The molecule has 1 heterocycles. The number of carbonyl (C=O) groups is 2. The number of rotatable bonds is 4. The van der Waals surface area contributed by atoms with Crippen molar-refractivity contribution < 1.29 is 23.8 Å². The largest absolute Gasteiger partial charge is 0.511 e. The lowest BCUT2D eigenvalue weighted by Crippen LogP contribution is -2.26. The summed E-state index contributed by atoms with van der Waals surface area (Å²) in [7, 11) is 0. The first-order chi connectivity index (χ1) is 11.6. The van der Waals surface area contributed by atoms with Crippen LogP contribution in [0.4, 0.5) is 4.79 Å². The average Bonchev–Trinajstić information content (AvgIpc) is 3.02. The lowest BCUT2D eigenvalue weighted by Gasteiger charge is -2.22. The summed E-state index contributed by atoms with van der Waals surface area (Å²) in [6.45, 7) is 1.48. The van der Waals surface area contributed by atoms with E-state index in [9.17, 15) is 9.59 Å². The van der Waals surface area contributed by atoms with E-state index in [1.165, 1.54) is 13.3 Å². The highest BCUT2D eigenvalue weighted by atomic mass is 16.8. The number of imidazole rings is 1. The highest BCUT2D eigenvalue weighted by molar-refractivity contribution is 5.93. The molecular weight excluding hydrogens is 312 g/mol. The van der Waals surface area contributed by atoms with Gasteiger partial charge in [-0.15, -0.1) is 0 Å². The van der Waals surface area contributed by atoms with Gasteiger partial charge in [0.2, 0.25) is 6.29 Å². The van der Waals surface area contributed by atoms with E-state index in [1.807, 2.05) is 0 Å². The van der Waals surface area contributed by atoms with Crippen molar-refractivity contribution in [2.24, 2.45) is 0 Å². The van der Waals surface area contributed by atoms with Gasteiger partial charge in [0.1, 0.15) is 6.10 Å². The van der Waals surface area contributed by atoms with Crippen LogP contribution in [0.3, 0.4) is 0 Å². The zero-order valence-electron chi connectivity index (χ0n) is 13.5. The molecule has 128 valence electrons. The van der Waals surface area contributed by atoms with Crippen LogP contribution in [0.1, 0.15) is 49.4 Å². The third kappa shape index (κ3) is 4.04. The number of nitrogens with zero attached hydrogens (tertiary/aromatic N) is 1. The van der Waals surface area contributed by atoms with E-state index in [1.54, 1.807) is 24.5 Å². The smallest absolute Gasteiger partial charge is 0.431 e. The van der Waals surface area contributed by atoms with Crippen molar-refractivity contribution in [1.29, 1.82) is 0 Å². The molecule has 1 aliphatic rings. The summed E-state index contributed by atoms with van der Waals surface area (Å²) in [5.74, 6) is -0.585. The lowest BCUT2D eigenvalue weighted by atomic mass is 9.98. The molecule has 1 aliphatic carbocycles. The Kier molecular flexibility index (Phi) is 4.98. The molecule has 7 heteroatoms. The van der Waals surface area contributed by atoms with Crippen molar-refractivity contribution >= 4 is 23.2 Å². The number of hydrogen-bond acceptors (Lipinski definition) is 6. The molecule has 1 saturated carbocycles. The Hall–Kier alpha value is -2.57. The first kappa shape index (κ1) is 16.3. The Labute approximate surface area is 139 Å². The standard InChI is InChI=1S/C17H20N2O5/c1-11(23-17(21)24-13-5-3-2-4-6-13)22-16(20)12-7-8-14-15(9-12)19-10-18-14/h7-11,13H,2-6H2,1H3,(H,18,19). The van der Waals surface area contributed by atoms with Gasteiger partial charge in [-0.05, 0) is 43.9 Å². The van der Waals surface area contributed by atoms with Crippen LogP contribution in [0.25, 0.3) is 11.0 Å². The van der Waals surface area contributed by atoms with Gasteiger partial charge >= 0.3 is 12.1 Å². The molecule has 0 spiro atoms. The van der Waals surface area contributed by atoms with Crippen molar-refractivity contribution in [3.63, 3.8) is 0 Å². The molecule has 24 heavy (non-hydrogen) atoms. The number of H-pyrrole nitrogens is 1. The minimum atomic E-state index is -1.02. The molecule has 0 aliphatic heterocycles. The molecule has 0 bridgehead atoms. The molecule has 2 aromatic rings. The van der Waals surface area contributed by atoms with Gasteiger partial charge in [0.05, 0.1) is 22.9 Å². The Morgan fingerprint density at radius 2 is 2.00 bits per heavy atom. The fourth-order valence-corrected chi connectivity index (χ4v) is 2.78. The third-order valence-electron chi connectivity index (χ3n) is 4.01. The molecule has 1 unspecified atom stereocenters. The van der Waals surface area contributed by atoms with Gasteiger partial charge in [0.25, 0.3) is 0 Å². The van der Waals surface area contributed by atoms with Crippen LogP contribution in [-0.2, 0) is 14.2 Å². The van der Waals surface area contributed by atoms with Crippen LogP contribution in [0, 0.1) is 0 Å². The summed E-state index contributed by atoms with van der Waals surface area (Å²) in [6, 6.07) is 4.97. The van der Waals surface area contributed by atoms with Crippen molar-refractivity contribution in [2.45, 2.75) is 51.4 Å². The average molecular weight is 332 g/mol. The number of fused-ring (bicyclic) bond motifs is 1. The van der Waals surface area contributed by atoms with Gasteiger partial charge in [-0.2, -0.15) is 0 Å². The van der Waals surface area contributed by atoms with Crippen molar-refractivity contribution in [1.82, 2.24) is 9.97 Å². The molecule has 1 atom stereocenters. The number of ether oxygens (including phenoxy) is 3. The number of aromatic nitrogens is 2.